The molecule has 1 saturated heterocycles. The van der Waals surface area contributed by atoms with Crippen LogP contribution in [0.4, 0.5) is 5.82 Å². The zero-order valence-electron chi connectivity index (χ0n) is 10.7. The molecular weight excluding hydrogens is 212 g/mol. The standard InChI is InChI=1S/C13H22N4/c1-2-3-4-5-12-6-7-15-16-13(12)17-10-8-14-9-11-17/h6-7,14H,2-5,8-11H2,1H3. The molecule has 4 heteroatoms. The predicted octanol–water partition coefficient (Wildman–Crippen LogP) is 1.62. The van der Waals surface area contributed by atoms with E-state index in [4.69, 9.17) is 0 Å². The van der Waals surface area contributed by atoms with Crippen LogP contribution in [0, 0.1) is 0 Å². The van der Waals surface area contributed by atoms with Gasteiger partial charge in [0.15, 0.2) is 5.82 Å². The number of hydrogen-bond donors (Lipinski definition) is 1. The molecule has 4 nitrogen and oxygen atoms in total. The van der Waals surface area contributed by atoms with E-state index in [0.29, 0.717) is 0 Å². The summed E-state index contributed by atoms with van der Waals surface area (Å²) in [6, 6.07) is 2.13. The molecule has 1 aromatic rings. The summed E-state index contributed by atoms with van der Waals surface area (Å²) < 4.78 is 0. The lowest BCUT2D eigenvalue weighted by molar-refractivity contribution is 0.579. The summed E-state index contributed by atoms with van der Waals surface area (Å²) in [4.78, 5) is 2.35. The predicted molar refractivity (Wildman–Crippen MR) is 70.3 cm³/mol. The van der Waals surface area contributed by atoms with E-state index in [9.17, 15) is 0 Å². The molecule has 0 bridgehead atoms. The molecule has 1 N–H and O–H groups in total. The van der Waals surface area contributed by atoms with E-state index in [2.05, 4.69) is 33.4 Å². The SMILES string of the molecule is CCCCCc1ccnnc1N1CCNCC1. The van der Waals surface area contributed by atoms with Crippen LogP contribution in [0.5, 0.6) is 0 Å². The van der Waals surface area contributed by atoms with Gasteiger partial charge in [-0.3, -0.25) is 0 Å². The first kappa shape index (κ1) is 12.3. The number of nitrogens with zero attached hydrogens (tertiary/aromatic N) is 3. The highest BCUT2D eigenvalue weighted by atomic mass is 15.3. The minimum atomic E-state index is 1.04. The molecule has 1 aliphatic rings. The van der Waals surface area contributed by atoms with Crippen molar-refractivity contribution >= 4 is 5.82 Å². The number of nitrogens with one attached hydrogen (secondary N) is 1. The van der Waals surface area contributed by atoms with Crippen LogP contribution in [0.15, 0.2) is 12.3 Å². The van der Waals surface area contributed by atoms with Crippen LogP contribution in [-0.2, 0) is 6.42 Å². The number of hydrogen-bond acceptors (Lipinski definition) is 4. The van der Waals surface area contributed by atoms with Crippen molar-refractivity contribution in [1.29, 1.82) is 0 Å². The van der Waals surface area contributed by atoms with Crippen molar-refractivity contribution < 1.29 is 0 Å². The third kappa shape index (κ3) is 3.40. The van der Waals surface area contributed by atoms with Gasteiger partial charge in [0.05, 0.1) is 6.20 Å². The van der Waals surface area contributed by atoms with E-state index in [1.807, 2.05) is 6.20 Å². The summed E-state index contributed by atoms with van der Waals surface area (Å²) in [6.07, 6.45) is 6.75. The Morgan fingerprint density at radius 2 is 2.12 bits per heavy atom. The molecule has 2 rings (SSSR count). The van der Waals surface area contributed by atoms with Gasteiger partial charge in [-0.15, -0.1) is 5.10 Å². The van der Waals surface area contributed by atoms with Crippen molar-refractivity contribution in [3.8, 4) is 0 Å². The monoisotopic (exact) mass is 234 g/mol. The topological polar surface area (TPSA) is 41.1 Å². The molecule has 0 unspecified atom stereocenters. The Balaban J connectivity index is 2.03. The number of piperazine rings is 1. The molecule has 17 heavy (non-hydrogen) atoms. The average Bonchev–Trinajstić information content (AvgIpc) is 2.41. The fraction of sp³-hybridized carbons (Fsp3) is 0.692. The number of rotatable bonds is 5. The molecular formula is C13H22N4. The Hall–Kier alpha value is -1.16. The summed E-state index contributed by atoms with van der Waals surface area (Å²) >= 11 is 0. The van der Waals surface area contributed by atoms with Crippen LogP contribution < -0.4 is 10.2 Å². The van der Waals surface area contributed by atoms with Crippen molar-refractivity contribution in [1.82, 2.24) is 15.5 Å². The van der Waals surface area contributed by atoms with Gasteiger partial charge in [0.2, 0.25) is 0 Å². The van der Waals surface area contributed by atoms with Crippen molar-refractivity contribution in [2.75, 3.05) is 31.1 Å². The van der Waals surface area contributed by atoms with Crippen LogP contribution in [0.2, 0.25) is 0 Å². The number of unbranched alkanes of at least 4 members (excludes halogenated alkanes) is 2. The lowest BCUT2D eigenvalue weighted by Crippen LogP contribution is -2.44. The fourth-order valence-electron chi connectivity index (χ4n) is 2.25. The van der Waals surface area contributed by atoms with Gasteiger partial charge in [-0.25, -0.2) is 0 Å². The maximum absolute atomic E-state index is 4.33. The molecule has 1 aromatic heterocycles. The summed E-state index contributed by atoms with van der Waals surface area (Å²) in [5, 5.41) is 11.7. The number of aromatic nitrogens is 2. The Bertz CT molecular complexity index is 334. The van der Waals surface area contributed by atoms with Gasteiger partial charge in [0.1, 0.15) is 0 Å². The number of anilines is 1. The molecule has 94 valence electrons. The lowest BCUT2D eigenvalue weighted by atomic mass is 10.1. The average molecular weight is 234 g/mol. The minimum Gasteiger partial charge on any atom is -0.352 e. The van der Waals surface area contributed by atoms with E-state index in [-0.39, 0.29) is 0 Å². The van der Waals surface area contributed by atoms with Crippen molar-refractivity contribution in [3.05, 3.63) is 17.8 Å². The summed E-state index contributed by atoms with van der Waals surface area (Å²) in [7, 11) is 0. The number of aryl methyl sites for hydroxylation is 1. The minimum absolute atomic E-state index is 1.04. The molecule has 0 aliphatic carbocycles. The molecule has 0 amide bonds. The van der Waals surface area contributed by atoms with E-state index in [0.717, 1.165) is 38.4 Å². The van der Waals surface area contributed by atoms with Crippen molar-refractivity contribution in [3.63, 3.8) is 0 Å². The molecule has 0 saturated carbocycles. The highest BCUT2D eigenvalue weighted by Crippen LogP contribution is 2.19. The summed E-state index contributed by atoms with van der Waals surface area (Å²) in [5.74, 6) is 1.10. The highest BCUT2D eigenvalue weighted by molar-refractivity contribution is 5.46. The van der Waals surface area contributed by atoms with E-state index >= 15 is 0 Å². The third-order valence-electron chi connectivity index (χ3n) is 3.25. The van der Waals surface area contributed by atoms with Gasteiger partial charge in [0, 0.05) is 26.2 Å². The zero-order valence-corrected chi connectivity index (χ0v) is 10.7. The summed E-state index contributed by atoms with van der Waals surface area (Å²) in [5.41, 5.74) is 1.36. The first-order valence-electron chi connectivity index (χ1n) is 6.68. The lowest BCUT2D eigenvalue weighted by Gasteiger charge is -2.29. The second-order valence-electron chi connectivity index (χ2n) is 4.57. The first-order chi connectivity index (χ1) is 8.42. The summed E-state index contributed by atoms with van der Waals surface area (Å²) in [6.45, 7) is 6.41. The third-order valence-corrected chi connectivity index (χ3v) is 3.25. The molecule has 0 aromatic carbocycles. The van der Waals surface area contributed by atoms with Crippen molar-refractivity contribution in [2.45, 2.75) is 32.6 Å². The van der Waals surface area contributed by atoms with Crippen LogP contribution in [-0.4, -0.2) is 36.4 Å². The second-order valence-corrected chi connectivity index (χ2v) is 4.57. The van der Waals surface area contributed by atoms with E-state index in [1.54, 1.807) is 0 Å². The van der Waals surface area contributed by atoms with Gasteiger partial charge >= 0.3 is 0 Å². The second kappa shape index (κ2) is 6.55. The van der Waals surface area contributed by atoms with Gasteiger partial charge in [-0.05, 0) is 24.5 Å². The van der Waals surface area contributed by atoms with Gasteiger partial charge in [0.25, 0.3) is 0 Å². The smallest absolute Gasteiger partial charge is 0.154 e. The Labute approximate surface area is 103 Å². The zero-order chi connectivity index (χ0) is 11.9. The molecule has 0 atom stereocenters. The van der Waals surface area contributed by atoms with Crippen LogP contribution in [0.1, 0.15) is 31.7 Å². The van der Waals surface area contributed by atoms with Crippen molar-refractivity contribution in [2.24, 2.45) is 0 Å². The molecule has 1 fully saturated rings. The van der Waals surface area contributed by atoms with E-state index < -0.39 is 0 Å². The van der Waals surface area contributed by atoms with Crippen LogP contribution in [0.25, 0.3) is 0 Å². The van der Waals surface area contributed by atoms with Gasteiger partial charge < -0.3 is 10.2 Å². The molecule has 2 heterocycles. The van der Waals surface area contributed by atoms with Gasteiger partial charge in [-0.2, -0.15) is 5.10 Å². The largest absolute Gasteiger partial charge is 0.352 e. The van der Waals surface area contributed by atoms with Crippen LogP contribution in [0.3, 0.4) is 0 Å². The Kier molecular flexibility index (Phi) is 4.74. The molecule has 0 spiro atoms. The fourth-order valence-corrected chi connectivity index (χ4v) is 2.25. The Morgan fingerprint density at radius 3 is 2.88 bits per heavy atom. The highest BCUT2D eigenvalue weighted by Gasteiger charge is 2.15. The maximum Gasteiger partial charge on any atom is 0.154 e. The normalized spacial score (nSPS) is 16.2. The quantitative estimate of drug-likeness (QED) is 0.786. The van der Waals surface area contributed by atoms with E-state index in [1.165, 1.54) is 24.8 Å². The molecule has 1 aliphatic heterocycles. The Morgan fingerprint density at radius 1 is 1.29 bits per heavy atom. The van der Waals surface area contributed by atoms with Gasteiger partial charge in [-0.1, -0.05) is 19.8 Å². The van der Waals surface area contributed by atoms with Crippen LogP contribution >= 0.6 is 0 Å². The maximum atomic E-state index is 4.33. The first-order valence-corrected chi connectivity index (χ1v) is 6.68. The molecule has 0 radical (unpaired) electrons.